The number of fused-ring (bicyclic) bond motifs is 1. The number of carbonyl (C=O) groups excluding carboxylic acids is 2. The number of carbonyl (C=O) groups is 2. The van der Waals surface area contributed by atoms with E-state index >= 15 is 0 Å². The summed E-state index contributed by atoms with van der Waals surface area (Å²) in [6, 6.07) is 5.71. The lowest BCUT2D eigenvalue weighted by Gasteiger charge is -2.23. The van der Waals surface area contributed by atoms with E-state index in [0.717, 1.165) is 17.1 Å². The maximum Gasteiger partial charge on any atom is 0.228 e. The number of hydrogen-bond donors (Lipinski definition) is 0. The van der Waals surface area contributed by atoms with Crippen molar-refractivity contribution in [2.24, 2.45) is 5.92 Å². The molecule has 1 aromatic carbocycles. The molecule has 22 heavy (non-hydrogen) atoms. The molecule has 0 N–H and O–H groups in total. The van der Waals surface area contributed by atoms with Gasteiger partial charge in [0.25, 0.3) is 0 Å². The van der Waals surface area contributed by atoms with Crippen molar-refractivity contribution >= 4 is 11.8 Å². The Morgan fingerprint density at radius 1 is 1.32 bits per heavy atom. The average Bonchev–Trinajstić information content (AvgIpc) is 2.85. The molecule has 1 saturated heterocycles. The molecule has 6 heteroatoms. The van der Waals surface area contributed by atoms with Crippen LogP contribution in [0.15, 0.2) is 18.2 Å². The van der Waals surface area contributed by atoms with Gasteiger partial charge in [-0.1, -0.05) is 6.07 Å². The zero-order chi connectivity index (χ0) is 15.7. The van der Waals surface area contributed by atoms with Crippen LogP contribution >= 0.6 is 0 Å². The van der Waals surface area contributed by atoms with Gasteiger partial charge in [-0.05, 0) is 17.7 Å². The molecule has 0 aliphatic carbocycles. The molecule has 0 spiro atoms. The summed E-state index contributed by atoms with van der Waals surface area (Å²) in [5, 5.41) is 0. The Bertz CT molecular complexity index is 602. The van der Waals surface area contributed by atoms with Crippen molar-refractivity contribution in [1.82, 2.24) is 9.80 Å². The molecule has 0 radical (unpaired) electrons. The number of hydrogen-bond acceptors (Lipinski definition) is 4. The van der Waals surface area contributed by atoms with Gasteiger partial charge in [0.05, 0.1) is 5.92 Å². The molecule has 1 aromatic rings. The zero-order valence-corrected chi connectivity index (χ0v) is 12.9. The normalized spacial score (nSPS) is 20.2. The van der Waals surface area contributed by atoms with Crippen LogP contribution in [0, 0.1) is 5.92 Å². The molecular formula is C16H20N2O4. The summed E-state index contributed by atoms with van der Waals surface area (Å²) in [6.07, 6.45) is 0.306. The minimum atomic E-state index is -0.236. The van der Waals surface area contributed by atoms with Crippen molar-refractivity contribution in [2.75, 3.05) is 33.9 Å². The monoisotopic (exact) mass is 304 g/mol. The molecule has 2 heterocycles. The number of ether oxygens (including phenoxy) is 2. The highest BCUT2D eigenvalue weighted by atomic mass is 16.6. The standard InChI is InChI=1S/C16H20N2O4/c1-17-10-12(8-15(17)19)16(20)18(2)9-11-3-4-13-14(7-11)22-6-5-21-13/h3-4,7,12H,5-6,8-10H2,1-2H3. The molecule has 6 nitrogen and oxygen atoms in total. The Morgan fingerprint density at radius 2 is 2.05 bits per heavy atom. The van der Waals surface area contributed by atoms with Crippen molar-refractivity contribution in [1.29, 1.82) is 0 Å². The summed E-state index contributed by atoms with van der Waals surface area (Å²) in [7, 11) is 3.50. The van der Waals surface area contributed by atoms with E-state index in [0.29, 0.717) is 32.7 Å². The fourth-order valence-electron chi connectivity index (χ4n) is 2.88. The molecule has 2 aliphatic rings. The van der Waals surface area contributed by atoms with Gasteiger partial charge in [0.15, 0.2) is 11.5 Å². The number of likely N-dealkylation sites (tertiary alicyclic amines) is 1. The zero-order valence-electron chi connectivity index (χ0n) is 12.9. The third-order valence-corrected chi connectivity index (χ3v) is 4.09. The summed E-state index contributed by atoms with van der Waals surface area (Å²) in [5.74, 6) is 1.27. The molecule has 0 saturated carbocycles. The van der Waals surface area contributed by atoms with Gasteiger partial charge < -0.3 is 19.3 Å². The van der Waals surface area contributed by atoms with E-state index in [9.17, 15) is 9.59 Å². The lowest BCUT2D eigenvalue weighted by atomic mass is 10.1. The summed E-state index contributed by atoms with van der Waals surface area (Å²) >= 11 is 0. The smallest absolute Gasteiger partial charge is 0.228 e. The summed E-state index contributed by atoms with van der Waals surface area (Å²) in [6.45, 7) is 2.10. The fourth-order valence-corrected chi connectivity index (χ4v) is 2.88. The SMILES string of the molecule is CN1CC(C(=O)N(C)Cc2ccc3c(c2)OCCO3)CC1=O. The number of amides is 2. The Hall–Kier alpha value is -2.24. The van der Waals surface area contributed by atoms with Crippen LogP contribution in [-0.2, 0) is 16.1 Å². The maximum atomic E-state index is 12.4. The van der Waals surface area contributed by atoms with E-state index in [1.54, 1.807) is 23.9 Å². The summed E-state index contributed by atoms with van der Waals surface area (Å²) in [4.78, 5) is 27.3. The largest absolute Gasteiger partial charge is 0.486 e. The second kappa shape index (κ2) is 5.87. The van der Waals surface area contributed by atoms with Crippen molar-refractivity contribution in [2.45, 2.75) is 13.0 Å². The molecular weight excluding hydrogens is 284 g/mol. The average molecular weight is 304 g/mol. The van der Waals surface area contributed by atoms with Crippen LogP contribution in [-0.4, -0.2) is 55.5 Å². The van der Waals surface area contributed by atoms with Gasteiger partial charge in [-0.2, -0.15) is 0 Å². The molecule has 1 atom stereocenters. The summed E-state index contributed by atoms with van der Waals surface area (Å²) in [5.41, 5.74) is 0.984. The second-order valence-corrected chi connectivity index (χ2v) is 5.85. The molecule has 0 bridgehead atoms. The molecule has 3 rings (SSSR count). The first kappa shape index (κ1) is 14.7. The third kappa shape index (κ3) is 2.86. The Labute approximate surface area is 129 Å². The van der Waals surface area contributed by atoms with Gasteiger partial charge in [-0.15, -0.1) is 0 Å². The Balaban J connectivity index is 1.65. The van der Waals surface area contributed by atoms with Gasteiger partial charge in [0, 0.05) is 33.6 Å². The van der Waals surface area contributed by atoms with Crippen LogP contribution in [0.3, 0.4) is 0 Å². The topological polar surface area (TPSA) is 59.1 Å². The predicted octanol–water partition coefficient (Wildman–Crippen LogP) is 0.894. The van der Waals surface area contributed by atoms with E-state index < -0.39 is 0 Å². The molecule has 1 fully saturated rings. The Morgan fingerprint density at radius 3 is 2.73 bits per heavy atom. The maximum absolute atomic E-state index is 12.4. The van der Waals surface area contributed by atoms with Gasteiger partial charge in [-0.25, -0.2) is 0 Å². The lowest BCUT2D eigenvalue weighted by Crippen LogP contribution is -2.33. The van der Waals surface area contributed by atoms with Gasteiger partial charge in [-0.3, -0.25) is 9.59 Å². The number of rotatable bonds is 3. The van der Waals surface area contributed by atoms with Crippen molar-refractivity contribution in [3.05, 3.63) is 23.8 Å². The lowest BCUT2D eigenvalue weighted by molar-refractivity contribution is -0.135. The first-order valence-corrected chi connectivity index (χ1v) is 7.42. The molecule has 1 unspecified atom stereocenters. The highest BCUT2D eigenvalue weighted by Crippen LogP contribution is 2.31. The van der Waals surface area contributed by atoms with Crippen LogP contribution in [0.2, 0.25) is 0 Å². The Kier molecular flexibility index (Phi) is 3.92. The van der Waals surface area contributed by atoms with Gasteiger partial charge in [0.1, 0.15) is 13.2 Å². The molecule has 2 amide bonds. The quantitative estimate of drug-likeness (QED) is 0.832. The van der Waals surface area contributed by atoms with E-state index in [1.165, 1.54) is 0 Å². The van der Waals surface area contributed by atoms with Gasteiger partial charge >= 0.3 is 0 Å². The first-order chi connectivity index (χ1) is 10.5. The molecule has 0 aromatic heterocycles. The third-order valence-electron chi connectivity index (χ3n) is 4.09. The number of nitrogens with zero attached hydrogens (tertiary/aromatic N) is 2. The van der Waals surface area contributed by atoms with E-state index in [-0.39, 0.29) is 17.7 Å². The van der Waals surface area contributed by atoms with Crippen molar-refractivity contribution < 1.29 is 19.1 Å². The highest BCUT2D eigenvalue weighted by molar-refractivity contribution is 5.89. The van der Waals surface area contributed by atoms with Gasteiger partial charge in [0.2, 0.25) is 11.8 Å². The predicted molar refractivity (Wildman–Crippen MR) is 79.7 cm³/mol. The van der Waals surface area contributed by atoms with Crippen molar-refractivity contribution in [3.8, 4) is 11.5 Å². The minimum Gasteiger partial charge on any atom is -0.486 e. The van der Waals surface area contributed by atoms with Crippen molar-refractivity contribution in [3.63, 3.8) is 0 Å². The van der Waals surface area contributed by atoms with E-state index in [2.05, 4.69) is 0 Å². The number of benzene rings is 1. The van der Waals surface area contributed by atoms with Crippen LogP contribution < -0.4 is 9.47 Å². The highest BCUT2D eigenvalue weighted by Gasteiger charge is 2.33. The molecule has 118 valence electrons. The van der Waals surface area contributed by atoms with E-state index in [4.69, 9.17) is 9.47 Å². The van der Waals surface area contributed by atoms with Crippen LogP contribution in [0.1, 0.15) is 12.0 Å². The summed E-state index contributed by atoms with van der Waals surface area (Å²) < 4.78 is 11.0. The fraction of sp³-hybridized carbons (Fsp3) is 0.500. The second-order valence-electron chi connectivity index (χ2n) is 5.85. The minimum absolute atomic E-state index is 0.00703. The molecule has 2 aliphatic heterocycles. The van der Waals surface area contributed by atoms with Crippen LogP contribution in [0.25, 0.3) is 0 Å². The van der Waals surface area contributed by atoms with Crippen LogP contribution in [0.5, 0.6) is 11.5 Å². The van der Waals surface area contributed by atoms with E-state index in [1.807, 2.05) is 18.2 Å². The van der Waals surface area contributed by atoms with Crippen LogP contribution in [0.4, 0.5) is 0 Å². The first-order valence-electron chi connectivity index (χ1n) is 7.42.